The number of anilines is 3. The zero-order valence-corrected chi connectivity index (χ0v) is 19.8. The van der Waals surface area contributed by atoms with E-state index in [2.05, 4.69) is 25.9 Å². The summed E-state index contributed by atoms with van der Waals surface area (Å²) in [6.45, 7) is 0.278. The Morgan fingerprint density at radius 2 is 2.06 bits per heavy atom. The standard InChI is InChI=1S/C25H25N7O4/c1-26-18-10-21-28-19-8-14(11-31(24(19)33)15-4-3-5-16(9-15)35-2)12-36-20-7-6-17(20)29-25(34)32-13-27-22(18)23(32)30-21/h3-5,8-11,13,17,20H,6-7,12H2,1-2H3,(H,29,34)(H2,26,28,30)/t17-,20-/m1/s1. The van der Waals surface area contributed by atoms with Crippen molar-refractivity contribution in [3.63, 3.8) is 0 Å². The van der Waals surface area contributed by atoms with E-state index in [1.807, 2.05) is 18.2 Å². The van der Waals surface area contributed by atoms with Crippen LogP contribution in [0.3, 0.4) is 0 Å². The zero-order valence-electron chi connectivity index (χ0n) is 19.8. The Bertz CT molecular complexity index is 1540. The van der Waals surface area contributed by atoms with Crippen molar-refractivity contribution >= 4 is 34.4 Å². The van der Waals surface area contributed by atoms with Gasteiger partial charge in [0.05, 0.1) is 37.2 Å². The molecule has 0 spiro atoms. The highest BCUT2D eigenvalue weighted by Gasteiger charge is 2.34. The van der Waals surface area contributed by atoms with Gasteiger partial charge in [-0.1, -0.05) is 6.07 Å². The monoisotopic (exact) mass is 487 g/mol. The zero-order chi connectivity index (χ0) is 24.8. The summed E-state index contributed by atoms with van der Waals surface area (Å²) in [6.07, 6.45) is 4.75. The van der Waals surface area contributed by atoms with Crippen LogP contribution in [0.5, 0.6) is 5.75 Å². The lowest BCUT2D eigenvalue weighted by Crippen LogP contribution is -2.52. The minimum absolute atomic E-state index is 0.119. The molecule has 4 heterocycles. The predicted octanol–water partition coefficient (Wildman–Crippen LogP) is 3.00. The van der Waals surface area contributed by atoms with Crippen LogP contribution in [0, 0.1) is 0 Å². The van der Waals surface area contributed by atoms with Gasteiger partial charge in [0.1, 0.15) is 29.1 Å². The summed E-state index contributed by atoms with van der Waals surface area (Å²) >= 11 is 0. The molecule has 4 aromatic rings. The first kappa shape index (κ1) is 22.1. The topological polar surface area (TPSA) is 124 Å². The average Bonchev–Trinajstić information content (AvgIpc) is 3.31. The van der Waals surface area contributed by atoms with Crippen molar-refractivity contribution < 1.29 is 14.3 Å². The molecule has 11 heteroatoms. The predicted molar refractivity (Wildman–Crippen MR) is 134 cm³/mol. The first-order valence-corrected chi connectivity index (χ1v) is 11.7. The van der Waals surface area contributed by atoms with Gasteiger partial charge in [-0.25, -0.2) is 19.3 Å². The highest BCUT2D eigenvalue weighted by molar-refractivity contribution is 5.94. The molecule has 1 saturated carbocycles. The third kappa shape index (κ3) is 3.73. The van der Waals surface area contributed by atoms with Gasteiger partial charge in [-0.05, 0) is 36.6 Å². The van der Waals surface area contributed by atoms with Crippen LogP contribution in [0.15, 0.2) is 53.7 Å². The largest absolute Gasteiger partial charge is 0.497 e. The van der Waals surface area contributed by atoms with Gasteiger partial charge < -0.3 is 25.4 Å². The summed E-state index contributed by atoms with van der Waals surface area (Å²) in [7, 11) is 3.35. The van der Waals surface area contributed by atoms with Gasteiger partial charge in [-0.2, -0.15) is 0 Å². The lowest BCUT2D eigenvalue weighted by atomic mass is 9.89. The Morgan fingerprint density at radius 1 is 1.17 bits per heavy atom. The molecule has 4 bridgehead atoms. The molecule has 1 aliphatic carbocycles. The number of imidazole rings is 1. The van der Waals surface area contributed by atoms with Crippen LogP contribution >= 0.6 is 0 Å². The van der Waals surface area contributed by atoms with Gasteiger partial charge in [-0.15, -0.1) is 0 Å². The summed E-state index contributed by atoms with van der Waals surface area (Å²) < 4.78 is 14.5. The average molecular weight is 488 g/mol. The molecule has 6 rings (SSSR count). The van der Waals surface area contributed by atoms with Gasteiger partial charge >= 0.3 is 6.03 Å². The molecular formula is C25H25N7O4. The Kier molecular flexibility index (Phi) is 5.33. The third-order valence-electron chi connectivity index (χ3n) is 6.64. The fourth-order valence-electron chi connectivity index (χ4n) is 4.56. The van der Waals surface area contributed by atoms with Crippen LogP contribution in [-0.2, 0) is 11.3 Å². The van der Waals surface area contributed by atoms with Crippen molar-refractivity contribution in [3.05, 3.63) is 64.8 Å². The normalized spacial score (nSPS) is 19.0. The van der Waals surface area contributed by atoms with E-state index in [4.69, 9.17) is 9.47 Å². The Balaban J connectivity index is 1.53. The van der Waals surface area contributed by atoms with Crippen LogP contribution in [0.1, 0.15) is 18.4 Å². The second-order valence-corrected chi connectivity index (χ2v) is 8.84. The minimum Gasteiger partial charge on any atom is -0.497 e. The van der Waals surface area contributed by atoms with Gasteiger partial charge in [-0.3, -0.25) is 9.36 Å². The number of hydrogen-bond acceptors (Lipinski definition) is 8. The van der Waals surface area contributed by atoms with E-state index in [0.29, 0.717) is 39.8 Å². The van der Waals surface area contributed by atoms with Gasteiger partial charge in [0.15, 0.2) is 5.65 Å². The number of benzene rings is 1. The molecular weight excluding hydrogens is 462 g/mol. The fourth-order valence-corrected chi connectivity index (χ4v) is 4.56. The smallest absolute Gasteiger partial charge is 0.328 e. The molecule has 2 atom stereocenters. The van der Waals surface area contributed by atoms with Crippen molar-refractivity contribution in [2.75, 3.05) is 24.8 Å². The molecule has 0 radical (unpaired) electrons. The SMILES string of the molecule is CNc1cc2nc3c1ncn3C(=O)N[C@@H]1CC[C@H]1OCc1cc(c(=O)n(-c3cccc(OC)c3)c1)N2. The van der Waals surface area contributed by atoms with E-state index in [1.165, 1.54) is 10.9 Å². The van der Waals surface area contributed by atoms with E-state index >= 15 is 0 Å². The minimum atomic E-state index is -0.321. The van der Waals surface area contributed by atoms with Crippen molar-refractivity contribution in [1.29, 1.82) is 0 Å². The molecule has 184 valence electrons. The van der Waals surface area contributed by atoms with Gasteiger partial charge in [0, 0.05) is 25.4 Å². The van der Waals surface area contributed by atoms with Crippen LogP contribution < -0.4 is 26.2 Å². The van der Waals surface area contributed by atoms with Crippen LogP contribution in [-0.4, -0.2) is 51.4 Å². The Hall–Kier alpha value is -4.38. The van der Waals surface area contributed by atoms with Crippen molar-refractivity contribution in [2.24, 2.45) is 0 Å². The molecule has 1 fully saturated rings. The number of nitrogens with zero attached hydrogens (tertiary/aromatic N) is 4. The molecule has 3 N–H and O–H groups in total. The highest BCUT2D eigenvalue weighted by Crippen LogP contribution is 2.29. The first-order chi connectivity index (χ1) is 17.5. The Morgan fingerprint density at radius 3 is 2.83 bits per heavy atom. The molecule has 36 heavy (non-hydrogen) atoms. The molecule has 11 nitrogen and oxygen atoms in total. The number of nitrogens with one attached hydrogen (secondary N) is 3. The first-order valence-electron chi connectivity index (χ1n) is 11.7. The maximum absolute atomic E-state index is 13.6. The molecule has 1 amide bonds. The number of hydrogen-bond donors (Lipinski definition) is 3. The molecule has 2 aliphatic rings. The second-order valence-electron chi connectivity index (χ2n) is 8.84. The third-order valence-corrected chi connectivity index (χ3v) is 6.64. The number of ether oxygens (including phenoxy) is 2. The maximum Gasteiger partial charge on any atom is 0.328 e. The number of carbonyl (C=O) groups excluding carboxylic acids is 1. The summed E-state index contributed by atoms with van der Waals surface area (Å²) in [6, 6.07) is 10.4. The van der Waals surface area contributed by atoms with Crippen LogP contribution in [0.4, 0.5) is 22.0 Å². The molecule has 1 aliphatic heterocycles. The Labute approximate surface area is 206 Å². The summed E-state index contributed by atoms with van der Waals surface area (Å²) in [5.41, 5.74) is 3.13. The maximum atomic E-state index is 13.6. The van der Waals surface area contributed by atoms with Gasteiger partial charge in [0.2, 0.25) is 0 Å². The number of methoxy groups -OCH3 is 1. The summed E-state index contributed by atoms with van der Waals surface area (Å²) in [4.78, 5) is 35.6. The number of aromatic nitrogens is 4. The number of amides is 1. The molecule has 3 aromatic heterocycles. The van der Waals surface area contributed by atoms with E-state index < -0.39 is 0 Å². The van der Waals surface area contributed by atoms with E-state index in [0.717, 1.165) is 18.4 Å². The fraction of sp³-hybridized carbons (Fsp3) is 0.280. The molecule has 0 saturated heterocycles. The lowest BCUT2D eigenvalue weighted by Gasteiger charge is -2.36. The summed E-state index contributed by atoms with van der Waals surface area (Å²) in [5.74, 6) is 1.04. The molecule has 0 unspecified atom stereocenters. The highest BCUT2D eigenvalue weighted by atomic mass is 16.5. The second kappa shape index (κ2) is 8.68. The number of rotatable bonds is 3. The van der Waals surface area contributed by atoms with Gasteiger partial charge in [0.25, 0.3) is 5.56 Å². The quantitative estimate of drug-likeness (QED) is 0.403. The van der Waals surface area contributed by atoms with Crippen molar-refractivity contribution in [3.8, 4) is 11.4 Å². The number of pyridine rings is 2. The number of carbonyl (C=O) groups is 1. The summed E-state index contributed by atoms with van der Waals surface area (Å²) in [5, 5.41) is 9.30. The number of fused-ring (bicyclic) bond motifs is 4. The van der Waals surface area contributed by atoms with E-state index in [-0.39, 0.29) is 30.3 Å². The van der Waals surface area contributed by atoms with Crippen LogP contribution in [0.2, 0.25) is 0 Å². The van der Waals surface area contributed by atoms with Crippen molar-refractivity contribution in [2.45, 2.75) is 31.6 Å². The molecule has 1 aromatic carbocycles. The van der Waals surface area contributed by atoms with Crippen molar-refractivity contribution in [1.82, 2.24) is 24.4 Å². The lowest BCUT2D eigenvalue weighted by molar-refractivity contribution is -0.0324. The van der Waals surface area contributed by atoms with E-state index in [9.17, 15) is 9.59 Å². The van der Waals surface area contributed by atoms with Crippen LogP contribution in [0.25, 0.3) is 16.9 Å². The van der Waals surface area contributed by atoms with E-state index in [1.54, 1.807) is 43.1 Å².